The summed E-state index contributed by atoms with van der Waals surface area (Å²) < 4.78 is 5.91. The summed E-state index contributed by atoms with van der Waals surface area (Å²) in [6, 6.07) is 12.0. The molecule has 3 aromatic rings. The molecule has 0 fully saturated rings. The number of benzene rings is 1. The van der Waals surface area contributed by atoms with Crippen LogP contribution in [0.4, 0.5) is 22.3 Å². The lowest BCUT2D eigenvalue weighted by atomic mass is 9.94. The second kappa shape index (κ2) is 8.31. The van der Waals surface area contributed by atoms with Crippen molar-refractivity contribution in [2.24, 2.45) is 0 Å². The van der Waals surface area contributed by atoms with Gasteiger partial charge in [0.2, 0.25) is 0 Å². The zero-order valence-corrected chi connectivity index (χ0v) is 20.1. The maximum Gasteiger partial charge on any atom is 0.263 e. The Kier molecular flexibility index (Phi) is 5.46. The van der Waals surface area contributed by atoms with Crippen molar-refractivity contribution in [2.75, 3.05) is 37.5 Å². The first-order chi connectivity index (χ1) is 15.8. The van der Waals surface area contributed by atoms with Crippen molar-refractivity contribution < 1.29 is 9.53 Å². The quantitative estimate of drug-likeness (QED) is 0.592. The molecule has 9 heteroatoms. The molecule has 2 aliphatic heterocycles. The van der Waals surface area contributed by atoms with E-state index in [4.69, 9.17) is 14.7 Å². The lowest BCUT2D eigenvalue weighted by Gasteiger charge is -2.30. The van der Waals surface area contributed by atoms with Crippen LogP contribution in [0.15, 0.2) is 36.4 Å². The molecule has 0 bridgehead atoms. The van der Waals surface area contributed by atoms with Gasteiger partial charge in [-0.2, -0.15) is 0 Å². The lowest BCUT2D eigenvalue weighted by molar-refractivity contribution is 0.0901. The van der Waals surface area contributed by atoms with Gasteiger partial charge in [-0.15, -0.1) is 0 Å². The van der Waals surface area contributed by atoms with Crippen LogP contribution in [0.2, 0.25) is 0 Å². The van der Waals surface area contributed by atoms with E-state index in [9.17, 15) is 4.79 Å². The first kappa shape index (κ1) is 21.7. The second-order valence-corrected chi connectivity index (χ2v) is 10.3. The van der Waals surface area contributed by atoms with E-state index >= 15 is 0 Å². The molecule has 0 unspecified atom stereocenters. The Labute approximate surface area is 197 Å². The van der Waals surface area contributed by atoms with Crippen LogP contribution < -0.4 is 20.3 Å². The van der Waals surface area contributed by atoms with Gasteiger partial charge >= 0.3 is 0 Å². The largest absolute Gasteiger partial charge is 0.490 e. The smallest absolute Gasteiger partial charge is 0.263 e. The number of anilines is 4. The SMILES string of the molecule is CN(C)Cc1cccc(Nc2ccc3c(c2)N(c2nc4c(s2)C(=O)NC(C)(C)C4)CCO3)n1. The number of nitrogens with one attached hydrogen (secondary N) is 2. The van der Waals surface area contributed by atoms with Gasteiger partial charge in [0.15, 0.2) is 5.13 Å². The molecule has 5 rings (SSSR count). The van der Waals surface area contributed by atoms with Crippen LogP contribution in [0.5, 0.6) is 5.75 Å². The maximum absolute atomic E-state index is 12.6. The number of hydrogen-bond acceptors (Lipinski definition) is 8. The standard InChI is InChI=1S/C24H28N6O2S/c1-24(2)13-17-21(22(31)28-24)33-23(27-17)30-10-11-32-19-9-8-15(12-18(19)30)25-20-7-5-6-16(26-20)14-29(3)4/h5-9,12H,10-11,13-14H2,1-4H3,(H,25,26)(H,28,31). The summed E-state index contributed by atoms with van der Waals surface area (Å²) in [5, 5.41) is 7.30. The topological polar surface area (TPSA) is 82.6 Å². The van der Waals surface area contributed by atoms with Gasteiger partial charge in [0, 0.05) is 24.2 Å². The average molecular weight is 465 g/mol. The van der Waals surface area contributed by atoms with Crippen LogP contribution >= 0.6 is 11.3 Å². The number of carbonyl (C=O) groups is 1. The van der Waals surface area contributed by atoms with Gasteiger partial charge in [-0.3, -0.25) is 4.79 Å². The fourth-order valence-electron chi connectivity index (χ4n) is 4.18. The molecule has 0 spiro atoms. The van der Waals surface area contributed by atoms with E-state index in [-0.39, 0.29) is 11.4 Å². The second-order valence-electron chi connectivity index (χ2n) is 9.35. The molecule has 2 N–H and O–H groups in total. The molecule has 2 aliphatic rings. The van der Waals surface area contributed by atoms with Crippen molar-refractivity contribution in [2.45, 2.75) is 32.4 Å². The van der Waals surface area contributed by atoms with Crippen molar-refractivity contribution in [3.63, 3.8) is 0 Å². The minimum absolute atomic E-state index is 0.0439. The first-order valence-corrected chi connectivity index (χ1v) is 11.8. The van der Waals surface area contributed by atoms with Gasteiger partial charge in [0.1, 0.15) is 23.1 Å². The monoisotopic (exact) mass is 464 g/mol. The van der Waals surface area contributed by atoms with E-state index in [0.717, 1.165) is 52.4 Å². The number of ether oxygens (including phenoxy) is 1. The molecule has 0 radical (unpaired) electrons. The molecule has 0 aliphatic carbocycles. The number of hydrogen-bond donors (Lipinski definition) is 2. The Morgan fingerprint density at radius 1 is 1.24 bits per heavy atom. The summed E-state index contributed by atoms with van der Waals surface area (Å²) in [7, 11) is 4.06. The molecule has 8 nitrogen and oxygen atoms in total. The highest BCUT2D eigenvalue weighted by Crippen LogP contribution is 2.42. The van der Waals surface area contributed by atoms with Crippen LogP contribution in [-0.4, -0.2) is 53.6 Å². The maximum atomic E-state index is 12.6. The highest BCUT2D eigenvalue weighted by Gasteiger charge is 2.34. The number of aromatic nitrogens is 2. The Hall–Kier alpha value is -3.17. The summed E-state index contributed by atoms with van der Waals surface area (Å²) in [5.41, 5.74) is 3.43. The highest BCUT2D eigenvalue weighted by molar-refractivity contribution is 7.17. The van der Waals surface area contributed by atoms with Crippen molar-refractivity contribution >= 4 is 39.6 Å². The molecule has 0 saturated heterocycles. The first-order valence-electron chi connectivity index (χ1n) is 11.0. The molecule has 2 aromatic heterocycles. The third kappa shape index (κ3) is 4.51. The number of fused-ring (bicyclic) bond motifs is 2. The number of carbonyl (C=O) groups excluding carboxylic acids is 1. The van der Waals surface area contributed by atoms with E-state index in [1.165, 1.54) is 11.3 Å². The van der Waals surface area contributed by atoms with Crippen molar-refractivity contribution in [3.05, 3.63) is 52.7 Å². The van der Waals surface area contributed by atoms with E-state index in [2.05, 4.69) is 26.5 Å². The molecule has 0 saturated carbocycles. The minimum Gasteiger partial charge on any atom is -0.490 e. The van der Waals surface area contributed by atoms with Crippen LogP contribution in [0.1, 0.15) is 34.9 Å². The van der Waals surface area contributed by atoms with E-state index in [1.54, 1.807) is 0 Å². The van der Waals surface area contributed by atoms with E-state index < -0.39 is 0 Å². The normalized spacial score (nSPS) is 16.6. The van der Waals surface area contributed by atoms with Gasteiger partial charge in [-0.05, 0) is 58.3 Å². The highest BCUT2D eigenvalue weighted by atomic mass is 32.1. The number of rotatable bonds is 5. The van der Waals surface area contributed by atoms with Gasteiger partial charge in [0.25, 0.3) is 5.91 Å². The summed E-state index contributed by atoms with van der Waals surface area (Å²) in [6.07, 6.45) is 0.721. The number of pyridine rings is 1. The Morgan fingerprint density at radius 3 is 2.91 bits per heavy atom. The van der Waals surface area contributed by atoms with Crippen LogP contribution in [0, 0.1) is 0 Å². The van der Waals surface area contributed by atoms with Crippen LogP contribution in [0.25, 0.3) is 0 Å². The lowest BCUT2D eigenvalue weighted by Crippen LogP contribution is -2.48. The Balaban J connectivity index is 1.44. The van der Waals surface area contributed by atoms with Crippen LogP contribution in [0.3, 0.4) is 0 Å². The fraction of sp³-hybridized carbons (Fsp3) is 0.375. The zero-order valence-electron chi connectivity index (χ0n) is 19.3. The summed E-state index contributed by atoms with van der Waals surface area (Å²) in [5.74, 6) is 1.55. The number of nitrogens with zero attached hydrogens (tertiary/aromatic N) is 4. The van der Waals surface area contributed by atoms with Gasteiger partial charge in [-0.25, -0.2) is 9.97 Å². The molecule has 33 heavy (non-hydrogen) atoms. The average Bonchev–Trinajstić information content (AvgIpc) is 3.16. The van der Waals surface area contributed by atoms with Crippen LogP contribution in [-0.2, 0) is 13.0 Å². The van der Waals surface area contributed by atoms with Gasteiger partial charge < -0.3 is 25.2 Å². The Morgan fingerprint density at radius 2 is 2.09 bits per heavy atom. The third-order valence-electron chi connectivity index (χ3n) is 5.56. The minimum atomic E-state index is -0.288. The van der Waals surface area contributed by atoms with Crippen molar-refractivity contribution in [1.29, 1.82) is 0 Å². The zero-order chi connectivity index (χ0) is 23.2. The fourth-order valence-corrected chi connectivity index (χ4v) is 5.20. The predicted molar refractivity (Wildman–Crippen MR) is 131 cm³/mol. The third-order valence-corrected chi connectivity index (χ3v) is 6.68. The summed E-state index contributed by atoms with van der Waals surface area (Å²) in [6.45, 7) is 6.06. The predicted octanol–water partition coefficient (Wildman–Crippen LogP) is 3.94. The molecular formula is C24H28N6O2S. The Bertz CT molecular complexity index is 1210. The molecule has 1 aromatic carbocycles. The van der Waals surface area contributed by atoms with Gasteiger partial charge in [0.05, 0.1) is 23.6 Å². The van der Waals surface area contributed by atoms with Crippen molar-refractivity contribution in [1.82, 2.24) is 20.2 Å². The molecule has 4 heterocycles. The van der Waals surface area contributed by atoms with Crippen molar-refractivity contribution in [3.8, 4) is 5.75 Å². The molecular weight excluding hydrogens is 436 g/mol. The van der Waals surface area contributed by atoms with Gasteiger partial charge in [-0.1, -0.05) is 17.4 Å². The summed E-state index contributed by atoms with van der Waals surface area (Å²) >= 11 is 1.44. The number of amides is 1. The summed E-state index contributed by atoms with van der Waals surface area (Å²) in [4.78, 5) is 27.1. The molecule has 1 amide bonds. The van der Waals surface area contributed by atoms with E-state index in [0.29, 0.717) is 18.0 Å². The van der Waals surface area contributed by atoms with E-state index in [1.807, 2.05) is 58.3 Å². The molecule has 172 valence electrons. The number of thiazole rings is 1. The molecule has 0 atom stereocenters.